The van der Waals surface area contributed by atoms with Gasteiger partial charge in [0, 0.05) is 28.7 Å². The molecule has 35 heavy (non-hydrogen) atoms. The smallest absolute Gasteiger partial charge is 0.392 e. The van der Waals surface area contributed by atoms with Crippen LogP contribution in [0.15, 0.2) is 79.0 Å². The molecule has 0 atom stereocenters. The van der Waals surface area contributed by atoms with Crippen LogP contribution in [0.5, 0.6) is 0 Å². The summed E-state index contributed by atoms with van der Waals surface area (Å²) >= 11 is 0. The lowest BCUT2D eigenvalue weighted by molar-refractivity contribution is -0.137. The van der Waals surface area contributed by atoms with Gasteiger partial charge in [0.2, 0.25) is 5.95 Å². The molecule has 0 aliphatic heterocycles. The minimum atomic E-state index is -4.60. The largest absolute Gasteiger partial charge is 0.419 e. The average molecular weight is 478 g/mol. The highest BCUT2D eigenvalue weighted by atomic mass is 19.4. The highest BCUT2D eigenvalue weighted by Gasteiger charge is 2.35. The molecule has 6 nitrogen and oxygen atoms in total. The zero-order valence-electron chi connectivity index (χ0n) is 18.6. The highest BCUT2D eigenvalue weighted by Crippen LogP contribution is 2.36. The number of hydrogen-bond donors (Lipinski definition) is 3. The third kappa shape index (κ3) is 5.64. The van der Waals surface area contributed by atoms with Crippen molar-refractivity contribution in [1.29, 1.82) is 0 Å². The van der Waals surface area contributed by atoms with Crippen LogP contribution in [0.25, 0.3) is 11.3 Å². The second-order valence-electron chi connectivity index (χ2n) is 7.78. The van der Waals surface area contributed by atoms with Crippen molar-refractivity contribution in [2.75, 3.05) is 10.6 Å². The maximum absolute atomic E-state index is 13.5. The summed E-state index contributed by atoms with van der Waals surface area (Å²) in [4.78, 5) is 20.6. The zero-order valence-corrected chi connectivity index (χ0v) is 18.6. The lowest BCUT2D eigenvalue weighted by Gasteiger charge is -2.14. The van der Waals surface area contributed by atoms with Crippen molar-refractivity contribution >= 4 is 23.2 Å². The molecule has 3 N–H and O–H groups in total. The Morgan fingerprint density at radius 1 is 1.00 bits per heavy atom. The molecule has 0 bridgehead atoms. The molecule has 0 aliphatic carbocycles. The average Bonchev–Trinajstić information content (AvgIpc) is 2.85. The van der Waals surface area contributed by atoms with Crippen LogP contribution in [0.2, 0.25) is 0 Å². The summed E-state index contributed by atoms with van der Waals surface area (Å²) in [5.41, 5.74) is 2.16. The molecular formula is C26H21F3N4O2. The van der Waals surface area contributed by atoms with Crippen molar-refractivity contribution in [2.24, 2.45) is 0 Å². The molecule has 0 saturated carbocycles. The third-order valence-corrected chi connectivity index (χ3v) is 5.28. The Bertz CT molecular complexity index is 1340. The standard InChI is InChI=1S/C26H21F3N4O2/c1-16-7-8-17(15-34)13-22(16)32-24(35)19-9-11-20(12-10-19)31-25-30-14-21(26(27,28)29)23(33-25)18-5-3-2-4-6-18/h2-14,34H,15H2,1H3,(H,32,35)(H,30,31,33). The topological polar surface area (TPSA) is 87.1 Å². The normalized spacial score (nSPS) is 11.2. The molecule has 0 saturated heterocycles. The van der Waals surface area contributed by atoms with E-state index in [0.29, 0.717) is 28.1 Å². The first-order chi connectivity index (χ1) is 16.7. The van der Waals surface area contributed by atoms with Gasteiger partial charge in [-0.3, -0.25) is 4.79 Å². The van der Waals surface area contributed by atoms with E-state index < -0.39 is 11.7 Å². The van der Waals surface area contributed by atoms with Gasteiger partial charge in [-0.05, 0) is 48.4 Å². The van der Waals surface area contributed by atoms with Gasteiger partial charge in [-0.15, -0.1) is 0 Å². The molecule has 0 radical (unpaired) electrons. The van der Waals surface area contributed by atoms with Crippen molar-refractivity contribution in [1.82, 2.24) is 9.97 Å². The van der Waals surface area contributed by atoms with Crippen LogP contribution in [0.4, 0.5) is 30.5 Å². The van der Waals surface area contributed by atoms with E-state index >= 15 is 0 Å². The second-order valence-corrected chi connectivity index (χ2v) is 7.78. The number of aryl methyl sites for hydroxylation is 1. The van der Waals surface area contributed by atoms with Crippen LogP contribution in [0.1, 0.15) is 27.0 Å². The summed E-state index contributed by atoms with van der Waals surface area (Å²) in [5, 5.41) is 15.0. The predicted octanol–water partition coefficient (Wildman–Crippen LogP) is 5.96. The van der Waals surface area contributed by atoms with Gasteiger partial charge < -0.3 is 15.7 Å². The Balaban J connectivity index is 1.53. The SMILES string of the molecule is Cc1ccc(CO)cc1NC(=O)c1ccc(Nc2ncc(C(F)(F)F)c(-c3ccccc3)n2)cc1. The number of rotatable bonds is 6. The predicted molar refractivity (Wildman–Crippen MR) is 127 cm³/mol. The molecule has 9 heteroatoms. The molecule has 0 spiro atoms. The minimum absolute atomic E-state index is 0.00880. The number of amides is 1. The van der Waals surface area contributed by atoms with E-state index in [-0.39, 0.29) is 24.2 Å². The van der Waals surface area contributed by atoms with Crippen molar-refractivity contribution in [2.45, 2.75) is 19.7 Å². The number of hydrogen-bond acceptors (Lipinski definition) is 5. The summed E-state index contributed by atoms with van der Waals surface area (Å²) in [6.07, 6.45) is -3.85. The van der Waals surface area contributed by atoms with E-state index in [4.69, 9.17) is 0 Å². The van der Waals surface area contributed by atoms with E-state index in [0.717, 1.165) is 11.8 Å². The fourth-order valence-corrected chi connectivity index (χ4v) is 3.40. The van der Waals surface area contributed by atoms with E-state index in [1.807, 2.05) is 13.0 Å². The monoisotopic (exact) mass is 478 g/mol. The van der Waals surface area contributed by atoms with E-state index in [9.17, 15) is 23.1 Å². The quantitative estimate of drug-likeness (QED) is 0.318. The summed E-state index contributed by atoms with van der Waals surface area (Å²) < 4.78 is 40.5. The van der Waals surface area contributed by atoms with Gasteiger partial charge in [-0.2, -0.15) is 13.2 Å². The van der Waals surface area contributed by atoms with Gasteiger partial charge >= 0.3 is 6.18 Å². The number of carbonyl (C=O) groups is 1. The maximum atomic E-state index is 13.5. The van der Waals surface area contributed by atoms with Crippen LogP contribution in [-0.4, -0.2) is 21.0 Å². The molecule has 178 valence electrons. The number of aliphatic hydroxyl groups is 1. The number of halogens is 3. The van der Waals surface area contributed by atoms with Crippen LogP contribution in [0.3, 0.4) is 0 Å². The maximum Gasteiger partial charge on any atom is 0.419 e. The van der Waals surface area contributed by atoms with Crippen LogP contribution < -0.4 is 10.6 Å². The lowest BCUT2D eigenvalue weighted by Crippen LogP contribution is -2.13. The Hall–Kier alpha value is -4.24. The molecule has 1 aromatic heterocycles. The zero-order chi connectivity index (χ0) is 25.0. The fraction of sp³-hybridized carbons (Fsp3) is 0.115. The number of alkyl halides is 3. The fourth-order valence-electron chi connectivity index (χ4n) is 3.40. The summed E-state index contributed by atoms with van der Waals surface area (Å²) in [6.45, 7) is 1.71. The Morgan fingerprint density at radius 3 is 2.37 bits per heavy atom. The minimum Gasteiger partial charge on any atom is -0.392 e. The van der Waals surface area contributed by atoms with Crippen molar-refractivity contribution in [3.8, 4) is 11.3 Å². The van der Waals surface area contributed by atoms with Gasteiger partial charge in [0.05, 0.1) is 12.3 Å². The molecular weight excluding hydrogens is 457 g/mol. The summed E-state index contributed by atoms with van der Waals surface area (Å²) in [6, 6.07) is 19.7. The van der Waals surface area contributed by atoms with Crippen LogP contribution in [0, 0.1) is 6.92 Å². The Labute approximate surface area is 199 Å². The van der Waals surface area contributed by atoms with Gasteiger partial charge in [0.15, 0.2) is 0 Å². The third-order valence-electron chi connectivity index (χ3n) is 5.28. The molecule has 0 unspecified atom stereocenters. The number of carbonyl (C=O) groups excluding carboxylic acids is 1. The van der Waals surface area contributed by atoms with Crippen molar-refractivity contribution < 1.29 is 23.1 Å². The van der Waals surface area contributed by atoms with Gasteiger partial charge in [0.25, 0.3) is 5.91 Å². The molecule has 0 aliphatic rings. The van der Waals surface area contributed by atoms with Crippen molar-refractivity contribution in [3.05, 3.63) is 101 Å². The Kier molecular flexibility index (Phi) is 6.79. The number of anilines is 3. The van der Waals surface area contributed by atoms with Crippen LogP contribution in [-0.2, 0) is 12.8 Å². The summed E-state index contributed by atoms with van der Waals surface area (Å²) in [5.74, 6) is -0.350. The molecule has 1 heterocycles. The number of benzene rings is 3. The first-order valence-corrected chi connectivity index (χ1v) is 10.6. The molecule has 3 aromatic carbocycles. The lowest BCUT2D eigenvalue weighted by atomic mass is 10.1. The molecule has 1 amide bonds. The first kappa shape index (κ1) is 23.9. The highest BCUT2D eigenvalue weighted by molar-refractivity contribution is 6.04. The Morgan fingerprint density at radius 2 is 1.71 bits per heavy atom. The van der Waals surface area contributed by atoms with E-state index in [1.54, 1.807) is 66.7 Å². The molecule has 4 aromatic rings. The number of aromatic nitrogens is 2. The van der Waals surface area contributed by atoms with Crippen LogP contribution >= 0.6 is 0 Å². The molecule has 4 rings (SSSR count). The van der Waals surface area contributed by atoms with Gasteiger partial charge in [0.1, 0.15) is 5.56 Å². The van der Waals surface area contributed by atoms with Crippen molar-refractivity contribution in [3.63, 3.8) is 0 Å². The summed E-state index contributed by atoms with van der Waals surface area (Å²) in [7, 11) is 0. The number of aliphatic hydroxyl groups excluding tert-OH is 1. The first-order valence-electron chi connectivity index (χ1n) is 10.6. The van der Waals surface area contributed by atoms with Gasteiger partial charge in [-0.25, -0.2) is 9.97 Å². The molecule has 0 fully saturated rings. The van der Waals surface area contributed by atoms with E-state index in [2.05, 4.69) is 20.6 Å². The number of nitrogens with one attached hydrogen (secondary N) is 2. The number of nitrogens with zero attached hydrogens (tertiary/aromatic N) is 2. The second kappa shape index (κ2) is 9.94. The van der Waals surface area contributed by atoms with E-state index in [1.165, 1.54) is 0 Å². The van der Waals surface area contributed by atoms with Gasteiger partial charge in [-0.1, -0.05) is 42.5 Å².